The Morgan fingerprint density at radius 3 is 2.63 bits per heavy atom. The highest BCUT2D eigenvalue weighted by Crippen LogP contribution is 2.36. The first-order valence-corrected chi connectivity index (χ1v) is 9.76. The van der Waals surface area contributed by atoms with Gasteiger partial charge in [-0.3, -0.25) is 9.89 Å². The molecule has 1 aromatic carbocycles. The Morgan fingerprint density at radius 2 is 2.04 bits per heavy atom. The number of nitrogens with one attached hydrogen (secondary N) is 1. The summed E-state index contributed by atoms with van der Waals surface area (Å²) in [4.78, 5) is 17.6. The molecule has 1 unspecified atom stereocenters. The largest absolute Gasteiger partial charge is 0.406 e. The van der Waals surface area contributed by atoms with Gasteiger partial charge in [0.25, 0.3) is 0 Å². The maximum atomic E-state index is 12.9. The molecule has 1 aromatic heterocycles. The van der Waals surface area contributed by atoms with Gasteiger partial charge in [-0.25, -0.2) is 4.98 Å². The van der Waals surface area contributed by atoms with Gasteiger partial charge in [-0.1, -0.05) is 23.4 Å². The molecule has 3 rings (SSSR count). The number of aromatic amines is 1. The number of carbonyl (C=O) groups excluding carboxylic acids is 1. The van der Waals surface area contributed by atoms with Gasteiger partial charge < -0.3 is 4.90 Å². The molecule has 0 radical (unpaired) electrons. The van der Waals surface area contributed by atoms with Gasteiger partial charge >= 0.3 is 6.18 Å². The Kier molecular flexibility index (Phi) is 6.00. The lowest BCUT2D eigenvalue weighted by molar-refractivity contribution is -0.164. The minimum atomic E-state index is -4.42. The van der Waals surface area contributed by atoms with Crippen LogP contribution in [0.25, 0.3) is 11.4 Å². The van der Waals surface area contributed by atoms with Gasteiger partial charge in [-0.15, -0.1) is 5.10 Å². The van der Waals surface area contributed by atoms with E-state index < -0.39 is 24.7 Å². The summed E-state index contributed by atoms with van der Waals surface area (Å²) < 4.78 is 38.6. The van der Waals surface area contributed by atoms with E-state index in [1.165, 1.54) is 0 Å². The Morgan fingerprint density at radius 1 is 1.37 bits per heavy atom. The number of carbonyl (C=O) groups is 1. The minimum Gasteiger partial charge on any atom is -0.330 e. The number of halogens is 4. The second-order valence-corrected chi connectivity index (χ2v) is 7.86. The number of H-pyrrole nitrogens is 1. The summed E-state index contributed by atoms with van der Waals surface area (Å²) in [6.45, 7) is 0.450. The van der Waals surface area contributed by atoms with E-state index in [0.717, 1.165) is 35.1 Å². The van der Waals surface area contributed by atoms with E-state index in [0.29, 0.717) is 16.0 Å². The lowest BCUT2D eigenvalue weighted by Gasteiger charge is -2.30. The quantitative estimate of drug-likeness (QED) is 0.677. The van der Waals surface area contributed by atoms with Crippen molar-refractivity contribution in [2.75, 3.05) is 12.3 Å². The molecule has 1 atom stereocenters. The van der Waals surface area contributed by atoms with Crippen LogP contribution in [-0.2, 0) is 4.79 Å². The normalized spacial score (nSPS) is 15.6. The molecule has 10 heteroatoms. The van der Waals surface area contributed by atoms with Crippen LogP contribution in [0, 0.1) is 5.92 Å². The van der Waals surface area contributed by atoms with Gasteiger partial charge in [0.05, 0.1) is 5.75 Å². The van der Waals surface area contributed by atoms with Gasteiger partial charge in [0.15, 0.2) is 5.82 Å². The third kappa shape index (κ3) is 5.62. The molecular formula is C17H18ClF3N4OS. The average Bonchev–Trinajstić information content (AvgIpc) is 3.35. The number of alkyl halides is 3. The number of rotatable bonds is 7. The van der Waals surface area contributed by atoms with Crippen LogP contribution in [0.15, 0.2) is 29.4 Å². The van der Waals surface area contributed by atoms with Crippen molar-refractivity contribution in [2.45, 2.75) is 37.1 Å². The fourth-order valence-electron chi connectivity index (χ4n) is 2.74. The van der Waals surface area contributed by atoms with Crippen molar-refractivity contribution in [3.05, 3.63) is 29.3 Å². The van der Waals surface area contributed by atoms with Crippen molar-refractivity contribution in [1.82, 2.24) is 20.1 Å². The van der Waals surface area contributed by atoms with E-state index in [1.807, 2.05) is 0 Å². The molecular weight excluding hydrogens is 401 g/mol. The van der Waals surface area contributed by atoms with Gasteiger partial charge in [0.1, 0.15) is 6.54 Å². The summed E-state index contributed by atoms with van der Waals surface area (Å²) >= 11 is 6.86. The summed E-state index contributed by atoms with van der Waals surface area (Å²) in [5.41, 5.74) is 0.770. The summed E-state index contributed by atoms with van der Waals surface area (Å²) in [5.74, 6) is -0.0543. The van der Waals surface area contributed by atoms with E-state index in [2.05, 4.69) is 15.2 Å². The molecule has 5 nitrogen and oxygen atoms in total. The van der Waals surface area contributed by atoms with Crippen molar-refractivity contribution >= 4 is 29.3 Å². The molecule has 0 bridgehead atoms. The third-order valence-corrected chi connectivity index (χ3v) is 5.46. The second kappa shape index (κ2) is 8.10. The smallest absolute Gasteiger partial charge is 0.330 e. The lowest BCUT2D eigenvalue weighted by atomic mass is 10.2. The van der Waals surface area contributed by atoms with Crippen molar-refractivity contribution in [3.63, 3.8) is 0 Å². The van der Waals surface area contributed by atoms with E-state index in [-0.39, 0.29) is 11.7 Å². The Balaban J connectivity index is 1.62. The number of nitrogens with zero attached hydrogens (tertiary/aromatic N) is 3. The van der Waals surface area contributed by atoms with Crippen LogP contribution in [0.3, 0.4) is 0 Å². The van der Waals surface area contributed by atoms with Crippen LogP contribution < -0.4 is 0 Å². The summed E-state index contributed by atoms with van der Waals surface area (Å²) in [6, 6.07) is 6.54. The molecule has 0 saturated heterocycles. The van der Waals surface area contributed by atoms with E-state index in [1.54, 1.807) is 31.2 Å². The van der Waals surface area contributed by atoms with E-state index in [4.69, 9.17) is 11.6 Å². The van der Waals surface area contributed by atoms with Gasteiger partial charge in [-0.2, -0.15) is 13.2 Å². The van der Waals surface area contributed by atoms with Gasteiger partial charge in [0, 0.05) is 16.6 Å². The van der Waals surface area contributed by atoms with E-state index >= 15 is 0 Å². The number of benzene rings is 1. The fraction of sp³-hybridized carbons (Fsp3) is 0.471. The topological polar surface area (TPSA) is 61.9 Å². The number of thioether (sulfide) groups is 1. The van der Waals surface area contributed by atoms with Crippen LogP contribution in [-0.4, -0.2) is 50.5 Å². The molecule has 1 aliphatic carbocycles. The second-order valence-electron chi connectivity index (χ2n) is 6.48. The van der Waals surface area contributed by atoms with Crippen molar-refractivity contribution < 1.29 is 18.0 Å². The summed E-state index contributed by atoms with van der Waals surface area (Å²) in [7, 11) is 0. The molecule has 2 aromatic rings. The van der Waals surface area contributed by atoms with Crippen LogP contribution in [0.1, 0.15) is 19.8 Å². The first kappa shape index (κ1) is 20.0. The number of amides is 1. The van der Waals surface area contributed by atoms with E-state index in [9.17, 15) is 18.0 Å². The first-order valence-electron chi connectivity index (χ1n) is 8.40. The van der Waals surface area contributed by atoms with Gasteiger partial charge in [-0.05, 0) is 49.9 Å². The van der Waals surface area contributed by atoms with Crippen LogP contribution in [0.2, 0.25) is 5.02 Å². The first-order chi connectivity index (χ1) is 12.7. The third-order valence-electron chi connectivity index (χ3n) is 4.37. The molecule has 146 valence electrons. The monoisotopic (exact) mass is 418 g/mol. The SMILES string of the molecule is CC(C1CC1)N(CC(F)(F)F)C(=O)CSc1n[nH]c(-c2ccc(Cl)cc2)n1. The predicted molar refractivity (Wildman–Crippen MR) is 97.5 cm³/mol. The maximum Gasteiger partial charge on any atom is 0.406 e. The predicted octanol–water partition coefficient (Wildman–Crippen LogP) is 4.41. The molecule has 1 saturated carbocycles. The van der Waals surface area contributed by atoms with Crippen LogP contribution >= 0.6 is 23.4 Å². The van der Waals surface area contributed by atoms with Crippen LogP contribution in [0.5, 0.6) is 0 Å². The number of aromatic nitrogens is 3. The van der Waals surface area contributed by atoms with Crippen molar-refractivity contribution in [2.24, 2.45) is 5.92 Å². The highest BCUT2D eigenvalue weighted by Gasteiger charge is 2.40. The zero-order valence-electron chi connectivity index (χ0n) is 14.5. The zero-order valence-corrected chi connectivity index (χ0v) is 16.0. The molecule has 1 N–H and O–H groups in total. The Labute approximate surface area is 163 Å². The maximum absolute atomic E-state index is 12.9. The highest BCUT2D eigenvalue weighted by atomic mass is 35.5. The molecule has 1 amide bonds. The number of hydrogen-bond acceptors (Lipinski definition) is 4. The average molecular weight is 419 g/mol. The zero-order chi connectivity index (χ0) is 19.6. The highest BCUT2D eigenvalue weighted by molar-refractivity contribution is 7.99. The summed E-state index contributed by atoms with van der Waals surface area (Å²) in [6.07, 6.45) is -2.70. The van der Waals surface area contributed by atoms with Crippen LogP contribution in [0.4, 0.5) is 13.2 Å². The lowest BCUT2D eigenvalue weighted by Crippen LogP contribution is -2.46. The number of hydrogen-bond donors (Lipinski definition) is 1. The van der Waals surface area contributed by atoms with Crippen molar-refractivity contribution in [3.8, 4) is 11.4 Å². The minimum absolute atomic E-state index is 0.148. The van der Waals surface area contributed by atoms with Gasteiger partial charge in [0.2, 0.25) is 11.1 Å². The molecule has 1 fully saturated rings. The summed E-state index contributed by atoms with van der Waals surface area (Å²) in [5, 5.41) is 7.66. The van der Waals surface area contributed by atoms with Crippen molar-refractivity contribution in [1.29, 1.82) is 0 Å². The fourth-order valence-corrected chi connectivity index (χ4v) is 3.55. The molecule has 1 heterocycles. The molecule has 27 heavy (non-hydrogen) atoms. The molecule has 0 aliphatic heterocycles. The standard InChI is InChI=1S/C17H18ClF3N4OS/c1-10(11-2-3-11)25(9-17(19,20)21)14(26)8-27-16-22-15(23-24-16)12-4-6-13(18)7-5-12/h4-7,10-11H,2-3,8-9H2,1H3,(H,22,23,24). The molecule has 1 aliphatic rings. The molecule has 0 spiro atoms. The Hall–Kier alpha value is -1.74. The Bertz CT molecular complexity index is 792.